The first-order chi connectivity index (χ1) is 13.5. The smallest absolute Gasteiger partial charge is 0.306 e. The van der Waals surface area contributed by atoms with Crippen molar-refractivity contribution in [3.8, 4) is 11.5 Å². The van der Waals surface area contributed by atoms with Crippen LogP contribution in [0.2, 0.25) is 0 Å². The maximum atomic E-state index is 11.1. The van der Waals surface area contributed by atoms with Crippen LogP contribution in [-0.2, 0) is 11.2 Å². The lowest BCUT2D eigenvalue weighted by atomic mass is 9.96. The molecule has 2 heterocycles. The largest absolute Gasteiger partial charge is 0.481 e. The van der Waals surface area contributed by atoms with E-state index >= 15 is 0 Å². The van der Waals surface area contributed by atoms with E-state index in [4.69, 9.17) is 14.6 Å². The Labute approximate surface area is 165 Å². The fourth-order valence-corrected chi connectivity index (χ4v) is 2.93. The third-order valence-electron chi connectivity index (χ3n) is 4.53. The highest BCUT2D eigenvalue weighted by atomic mass is 16.7. The van der Waals surface area contributed by atoms with Gasteiger partial charge >= 0.3 is 5.97 Å². The van der Waals surface area contributed by atoms with Gasteiger partial charge in [0.15, 0.2) is 17.3 Å². The highest BCUT2D eigenvalue weighted by Crippen LogP contribution is 2.31. The van der Waals surface area contributed by atoms with Crippen molar-refractivity contribution >= 4 is 5.97 Å². The van der Waals surface area contributed by atoms with Crippen LogP contribution in [0, 0.1) is 18.8 Å². The van der Waals surface area contributed by atoms with E-state index in [1.807, 2.05) is 25.1 Å². The minimum atomic E-state index is -0.774. The van der Waals surface area contributed by atoms with Crippen LogP contribution in [0.3, 0.4) is 0 Å². The molecule has 0 unspecified atom stereocenters. The Kier molecular flexibility index (Phi) is 8.71. The molecule has 28 heavy (non-hydrogen) atoms. The Hall–Kier alpha value is -2.64. The van der Waals surface area contributed by atoms with Crippen molar-refractivity contribution in [2.24, 2.45) is 11.8 Å². The number of aryl methyl sites for hydroxylation is 1. The molecule has 0 amide bonds. The monoisotopic (exact) mass is 390 g/mol. The molecule has 1 aromatic heterocycles. The number of hydrogen-bond donors (Lipinski definition) is 2. The van der Waals surface area contributed by atoms with E-state index in [1.54, 1.807) is 0 Å². The summed E-state index contributed by atoms with van der Waals surface area (Å²) in [5.74, 6) is 1.74. The number of nitrogens with one attached hydrogen (secondary N) is 1. The van der Waals surface area contributed by atoms with Gasteiger partial charge in [0.1, 0.15) is 0 Å². The number of carboxylic acids is 1. The van der Waals surface area contributed by atoms with E-state index in [0.29, 0.717) is 25.5 Å². The zero-order valence-electron chi connectivity index (χ0n) is 16.9. The Bertz CT molecular complexity index is 719. The molecule has 1 aliphatic heterocycles. The number of fused-ring (bicyclic) bond motifs is 1. The zero-order chi connectivity index (χ0) is 20.4. The van der Waals surface area contributed by atoms with Crippen molar-refractivity contribution < 1.29 is 19.4 Å². The van der Waals surface area contributed by atoms with E-state index < -0.39 is 11.9 Å². The Morgan fingerprint density at radius 3 is 2.61 bits per heavy atom. The van der Waals surface area contributed by atoms with Gasteiger partial charge in [0.25, 0.3) is 0 Å². The molecule has 8 nitrogen and oxygen atoms in total. The Morgan fingerprint density at radius 2 is 1.93 bits per heavy atom. The third-order valence-corrected chi connectivity index (χ3v) is 4.53. The number of nitrogens with zero attached hydrogens (tertiary/aromatic N) is 3. The average molecular weight is 390 g/mol. The fourth-order valence-electron chi connectivity index (χ4n) is 2.93. The van der Waals surface area contributed by atoms with E-state index in [1.165, 1.54) is 18.4 Å². The predicted octanol–water partition coefficient (Wildman–Crippen LogP) is 3.77. The highest BCUT2D eigenvalue weighted by molar-refractivity contribution is 5.70. The van der Waals surface area contributed by atoms with E-state index in [0.717, 1.165) is 30.3 Å². The van der Waals surface area contributed by atoms with E-state index in [2.05, 4.69) is 34.5 Å². The molecular formula is C20H30N4O4. The van der Waals surface area contributed by atoms with Crippen molar-refractivity contribution in [1.29, 1.82) is 0 Å². The number of benzene rings is 1. The van der Waals surface area contributed by atoms with Crippen molar-refractivity contribution in [3.63, 3.8) is 0 Å². The lowest BCUT2D eigenvalue weighted by Gasteiger charge is -2.10. The van der Waals surface area contributed by atoms with Gasteiger partial charge in [-0.1, -0.05) is 50.8 Å². The number of aliphatic carboxylic acids is 1. The molecule has 0 radical (unpaired) electrons. The van der Waals surface area contributed by atoms with E-state index in [-0.39, 0.29) is 0 Å². The van der Waals surface area contributed by atoms with Crippen LogP contribution >= 0.6 is 0 Å². The molecular weight excluding hydrogens is 360 g/mol. The molecule has 0 saturated heterocycles. The number of tetrazole rings is 1. The number of H-pyrrole nitrogens is 1. The topological polar surface area (TPSA) is 110 Å². The molecule has 0 fully saturated rings. The SMILES string of the molecule is CC(C)CCCCC[C@@H](Cc1nn[nH]n1)C(=O)O.Cc1ccc2c(c1)OCO2. The number of unbranched alkanes of at least 4 members (excludes halogenated alkanes) is 2. The van der Waals surface area contributed by atoms with Gasteiger partial charge in [-0.05, 0) is 37.0 Å². The van der Waals surface area contributed by atoms with Crippen LogP contribution in [-0.4, -0.2) is 38.5 Å². The summed E-state index contributed by atoms with van der Waals surface area (Å²) in [4.78, 5) is 11.1. The first-order valence-corrected chi connectivity index (χ1v) is 9.77. The molecule has 1 aromatic carbocycles. The first-order valence-electron chi connectivity index (χ1n) is 9.77. The minimum Gasteiger partial charge on any atom is -0.481 e. The van der Waals surface area contributed by atoms with Crippen LogP contribution in [0.25, 0.3) is 0 Å². The first kappa shape index (κ1) is 21.7. The second-order valence-electron chi connectivity index (χ2n) is 7.46. The van der Waals surface area contributed by atoms with Crippen LogP contribution in [0.15, 0.2) is 18.2 Å². The number of aromatic nitrogens is 4. The van der Waals surface area contributed by atoms with Crippen LogP contribution < -0.4 is 9.47 Å². The van der Waals surface area contributed by atoms with Crippen molar-refractivity contribution in [2.75, 3.05) is 6.79 Å². The van der Waals surface area contributed by atoms with Crippen LogP contribution in [0.1, 0.15) is 57.3 Å². The molecule has 0 saturated carbocycles. The third kappa shape index (κ3) is 7.54. The molecule has 0 aliphatic carbocycles. The van der Waals surface area contributed by atoms with Crippen LogP contribution in [0.4, 0.5) is 0 Å². The van der Waals surface area contributed by atoms with Gasteiger partial charge in [0.05, 0.1) is 5.92 Å². The summed E-state index contributed by atoms with van der Waals surface area (Å²) in [5, 5.41) is 22.5. The van der Waals surface area contributed by atoms with Gasteiger partial charge < -0.3 is 14.6 Å². The average Bonchev–Trinajstić information content (AvgIpc) is 3.31. The van der Waals surface area contributed by atoms with Crippen LogP contribution in [0.5, 0.6) is 11.5 Å². The molecule has 3 rings (SSSR count). The van der Waals surface area contributed by atoms with Gasteiger partial charge in [-0.3, -0.25) is 4.79 Å². The summed E-state index contributed by atoms with van der Waals surface area (Å²) in [5.41, 5.74) is 1.20. The maximum absolute atomic E-state index is 11.1. The normalized spacial score (nSPS) is 13.1. The molecule has 8 heteroatoms. The van der Waals surface area contributed by atoms with Gasteiger partial charge in [-0.25, -0.2) is 0 Å². The summed E-state index contributed by atoms with van der Waals surface area (Å²) in [6, 6.07) is 5.91. The number of rotatable bonds is 9. The van der Waals surface area contributed by atoms with Crippen molar-refractivity contribution in [3.05, 3.63) is 29.6 Å². The van der Waals surface area contributed by atoms with E-state index in [9.17, 15) is 4.79 Å². The molecule has 0 bridgehead atoms. The molecule has 154 valence electrons. The molecule has 1 aliphatic rings. The van der Waals surface area contributed by atoms with Crippen molar-refractivity contribution in [1.82, 2.24) is 20.6 Å². The quantitative estimate of drug-likeness (QED) is 0.627. The van der Waals surface area contributed by atoms with Crippen molar-refractivity contribution in [2.45, 2.75) is 59.3 Å². The summed E-state index contributed by atoms with van der Waals surface area (Å²) in [6.45, 7) is 6.80. The van der Waals surface area contributed by atoms with Gasteiger partial charge in [-0.15, -0.1) is 10.2 Å². The summed E-state index contributed by atoms with van der Waals surface area (Å²) in [6.07, 6.45) is 5.46. The molecule has 2 aromatic rings. The summed E-state index contributed by atoms with van der Waals surface area (Å²) >= 11 is 0. The number of aromatic amines is 1. The maximum Gasteiger partial charge on any atom is 0.306 e. The minimum absolute atomic E-state index is 0.357. The standard InChI is InChI=1S/C12H22N4O2.C8H8O2/c1-9(2)6-4-3-5-7-10(12(17)18)8-11-13-15-16-14-11;1-6-2-3-7-8(4-6)10-5-9-7/h9-10H,3-8H2,1-2H3,(H,17,18)(H,13,14,15,16);2-4H,5H2,1H3/t10-;/m0./s1. The summed E-state index contributed by atoms with van der Waals surface area (Å²) in [7, 11) is 0. The molecule has 2 N–H and O–H groups in total. The van der Waals surface area contributed by atoms with Gasteiger partial charge in [-0.2, -0.15) is 5.21 Å². The number of hydrogen-bond acceptors (Lipinski definition) is 6. The second-order valence-corrected chi connectivity index (χ2v) is 7.46. The lowest BCUT2D eigenvalue weighted by molar-refractivity contribution is -0.142. The summed E-state index contributed by atoms with van der Waals surface area (Å²) < 4.78 is 10.3. The fraction of sp³-hybridized carbons (Fsp3) is 0.600. The second kappa shape index (κ2) is 11.3. The zero-order valence-corrected chi connectivity index (χ0v) is 16.9. The molecule has 0 spiro atoms. The molecule has 1 atom stereocenters. The Morgan fingerprint density at radius 1 is 1.18 bits per heavy atom. The number of carbonyl (C=O) groups is 1. The Balaban J connectivity index is 0.000000233. The number of ether oxygens (including phenoxy) is 2. The highest BCUT2D eigenvalue weighted by Gasteiger charge is 2.19. The predicted molar refractivity (Wildman–Crippen MR) is 104 cm³/mol. The lowest BCUT2D eigenvalue weighted by Crippen LogP contribution is -2.17. The van der Waals surface area contributed by atoms with Gasteiger partial charge in [0.2, 0.25) is 6.79 Å². The number of carboxylic acid groups (broad SMARTS) is 1. The van der Waals surface area contributed by atoms with Gasteiger partial charge in [0, 0.05) is 6.42 Å².